The number of aliphatic hydroxyl groups excluding tert-OH is 1. The van der Waals surface area contributed by atoms with E-state index >= 15 is 0 Å². The van der Waals surface area contributed by atoms with Gasteiger partial charge in [0, 0.05) is 19.5 Å². The molecular formula is C24H45NO2. The number of aliphatic hydroxyl groups is 1. The summed E-state index contributed by atoms with van der Waals surface area (Å²) in [5, 5.41) is 9.78. The first kappa shape index (κ1) is 25.9. The SMILES string of the molecule is CCCCC[C@H](O)/C=C/C=C\CCCCCCCCCC(=O)N(CC)CC. The second-order valence-corrected chi connectivity index (χ2v) is 7.46. The van der Waals surface area contributed by atoms with Crippen molar-refractivity contribution < 1.29 is 9.90 Å². The van der Waals surface area contributed by atoms with Crippen molar-refractivity contribution in [1.82, 2.24) is 4.90 Å². The van der Waals surface area contributed by atoms with Gasteiger partial charge in [-0.25, -0.2) is 0 Å². The van der Waals surface area contributed by atoms with Crippen molar-refractivity contribution in [3.8, 4) is 0 Å². The summed E-state index contributed by atoms with van der Waals surface area (Å²) in [7, 11) is 0. The first-order valence-corrected chi connectivity index (χ1v) is 11.4. The molecule has 0 heterocycles. The maximum Gasteiger partial charge on any atom is 0.222 e. The Morgan fingerprint density at radius 1 is 0.852 bits per heavy atom. The van der Waals surface area contributed by atoms with Gasteiger partial charge in [0.1, 0.15) is 0 Å². The van der Waals surface area contributed by atoms with Crippen LogP contribution in [0.3, 0.4) is 0 Å². The molecule has 158 valence electrons. The molecule has 0 rings (SSSR count). The molecule has 3 nitrogen and oxygen atoms in total. The molecule has 0 unspecified atom stereocenters. The van der Waals surface area contributed by atoms with Gasteiger partial charge < -0.3 is 10.0 Å². The quantitative estimate of drug-likeness (QED) is 0.220. The third kappa shape index (κ3) is 16.8. The minimum absolute atomic E-state index is 0.288. The molecule has 0 fully saturated rings. The van der Waals surface area contributed by atoms with Gasteiger partial charge >= 0.3 is 0 Å². The van der Waals surface area contributed by atoms with E-state index in [0.29, 0.717) is 12.3 Å². The Labute approximate surface area is 168 Å². The minimum atomic E-state index is -0.288. The van der Waals surface area contributed by atoms with Crippen LogP contribution in [0.2, 0.25) is 0 Å². The van der Waals surface area contributed by atoms with E-state index in [1.54, 1.807) is 0 Å². The molecule has 1 atom stereocenters. The molecule has 0 aromatic rings. The van der Waals surface area contributed by atoms with Crippen LogP contribution in [0.15, 0.2) is 24.3 Å². The number of carbonyl (C=O) groups excluding carboxylic acids is 1. The molecule has 1 amide bonds. The lowest BCUT2D eigenvalue weighted by Gasteiger charge is -2.18. The lowest BCUT2D eigenvalue weighted by atomic mass is 10.1. The Hall–Kier alpha value is -1.09. The zero-order valence-electron chi connectivity index (χ0n) is 18.3. The molecule has 0 spiro atoms. The number of unbranched alkanes of at least 4 members (excludes halogenated alkanes) is 9. The minimum Gasteiger partial charge on any atom is -0.389 e. The van der Waals surface area contributed by atoms with Gasteiger partial charge in [-0.2, -0.15) is 0 Å². The normalized spacial score (nSPS) is 12.9. The molecule has 3 heteroatoms. The second kappa shape index (κ2) is 19.7. The van der Waals surface area contributed by atoms with Gasteiger partial charge in [-0.1, -0.05) is 82.6 Å². The predicted octanol–water partition coefficient (Wildman–Crippen LogP) is 6.42. The molecule has 0 saturated carbocycles. The number of hydrogen-bond acceptors (Lipinski definition) is 2. The Morgan fingerprint density at radius 2 is 1.48 bits per heavy atom. The van der Waals surface area contributed by atoms with Crippen molar-refractivity contribution >= 4 is 5.91 Å². The molecule has 0 bridgehead atoms. The third-order valence-electron chi connectivity index (χ3n) is 5.06. The fourth-order valence-electron chi connectivity index (χ4n) is 3.22. The number of allylic oxidation sites excluding steroid dienone is 3. The first-order valence-electron chi connectivity index (χ1n) is 11.4. The number of hydrogen-bond donors (Lipinski definition) is 1. The predicted molar refractivity (Wildman–Crippen MR) is 118 cm³/mol. The summed E-state index contributed by atoms with van der Waals surface area (Å²) in [5.74, 6) is 0.314. The van der Waals surface area contributed by atoms with E-state index in [2.05, 4.69) is 19.1 Å². The van der Waals surface area contributed by atoms with Crippen molar-refractivity contribution in [2.45, 2.75) is 110 Å². The maximum atomic E-state index is 11.9. The molecule has 27 heavy (non-hydrogen) atoms. The van der Waals surface area contributed by atoms with E-state index < -0.39 is 0 Å². The highest BCUT2D eigenvalue weighted by atomic mass is 16.3. The highest BCUT2D eigenvalue weighted by molar-refractivity contribution is 5.75. The largest absolute Gasteiger partial charge is 0.389 e. The topological polar surface area (TPSA) is 40.5 Å². The Balaban J connectivity index is 3.43. The summed E-state index contributed by atoms with van der Waals surface area (Å²) >= 11 is 0. The van der Waals surface area contributed by atoms with Crippen LogP contribution in [0.5, 0.6) is 0 Å². The Morgan fingerprint density at radius 3 is 2.11 bits per heavy atom. The number of carbonyl (C=O) groups is 1. The van der Waals surface area contributed by atoms with Gasteiger partial charge in [0.2, 0.25) is 5.91 Å². The van der Waals surface area contributed by atoms with Crippen LogP contribution >= 0.6 is 0 Å². The molecule has 0 aliphatic carbocycles. The van der Waals surface area contributed by atoms with Crippen molar-refractivity contribution in [1.29, 1.82) is 0 Å². The van der Waals surface area contributed by atoms with Crippen LogP contribution in [0.25, 0.3) is 0 Å². The summed E-state index contributed by atoms with van der Waals surface area (Å²) in [5.41, 5.74) is 0. The van der Waals surface area contributed by atoms with Gasteiger partial charge in [-0.05, 0) is 39.5 Å². The summed E-state index contributed by atoms with van der Waals surface area (Å²) in [6, 6.07) is 0. The van der Waals surface area contributed by atoms with Crippen molar-refractivity contribution in [2.24, 2.45) is 0 Å². The monoisotopic (exact) mass is 379 g/mol. The molecule has 0 aromatic heterocycles. The fraction of sp³-hybridized carbons (Fsp3) is 0.792. The maximum absolute atomic E-state index is 11.9. The van der Waals surface area contributed by atoms with Crippen molar-refractivity contribution in [3.63, 3.8) is 0 Å². The Kier molecular flexibility index (Phi) is 18.9. The number of nitrogens with zero attached hydrogens (tertiary/aromatic N) is 1. The van der Waals surface area contributed by atoms with E-state index in [1.807, 2.05) is 30.9 Å². The van der Waals surface area contributed by atoms with Crippen LogP contribution in [-0.2, 0) is 4.79 Å². The molecule has 0 saturated heterocycles. The van der Waals surface area contributed by atoms with E-state index in [0.717, 1.165) is 38.8 Å². The smallest absolute Gasteiger partial charge is 0.222 e. The van der Waals surface area contributed by atoms with Crippen LogP contribution in [0.1, 0.15) is 104 Å². The highest BCUT2D eigenvalue weighted by Crippen LogP contribution is 2.11. The van der Waals surface area contributed by atoms with Crippen LogP contribution in [-0.4, -0.2) is 35.1 Å². The second-order valence-electron chi connectivity index (χ2n) is 7.46. The average Bonchev–Trinajstić information content (AvgIpc) is 2.66. The first-order chi connectivity index (χ1) is 13.2. The number of amides is 1. The third-order valence-corrected chi connectivity index (χ3v) is 5.06. The zero-order chi connectivity index (χ0) is 20.2. The zero-order valence-corrected chi connectivity index (χ0v) is 18.3. The summed E-state index contributed by atoms with van der Waals surface area (Å²) in [4.78, 5) is 13.8. The highest BCUT2D eigenvalue weighted by Gasteiger charge is 2.07. The molecule has 0 aliphatic rings. The van der Waals surface area contributed by atoms with Crippen molar-refractivity contribution in [2.75, 3.05) is 13.1 Å². The van der Waals surface area contributed by atoms with E-state index in [1.165, 1.54) is 51.4 Å². The number of rotatable bonds is 18. The fourth-order valence-corrected chi connectivity index (χ4v) is 3.22. The van der Waals surface area contributed by atoms with Gasteiger partial charge in [0.05, 0.1) is 6.10 Å². The van der Waals surface area contributed by atoms with Crippen LogP contribution < -0.4 is 0 Å². The summed E-state index contributed by atoms with van der Waals surface area (Å²) in [6.07, 6.45) is 22.7. The molecule has 0 aromatic carbocycles. The van der Waals surface area contributed by atoms with Gasteiger partial charge in [0.25, 0.3) is 0 Å². The van der Waals surface area contributed by atoms with Crippen molar-refractivity contribution in [3.05, 3.63) is 24.3 Å². The van der Waals surface area contributed by atoms with Gasteiger partial charge in [-0.15, -0.1) is 0 Å². The lowest BCUT2D eigenvalue weighted by Crippen LogP contribution is -2.30. The van der Waals surface area contributed by atoms with Gasteiger partial charge in [-0.3, -0.25) is 4.79 Å². The van der Waals surface area contributed by atoms with E-state index in [9.17, 15) is 9.90 Å². The van der Waals surface area contributed by atoms with E-state index in [-0.39, 0.29) is 6.10 Å². The van der Waals surface area contributed by atoms with E-state index in [4.69, 9.17) is 0 Å². The van der Waals surface area contributed by atoms with Gasteiger partial charge in [0.15, 0.2) is 0 Å². The van der Waals surface area contributed by atoms with Crippen LogP contribution in [0, 0.1) is 0 Å². The average molecular weight is 380 g/mol. The summed E-state index contributed by atoms with van der Waals surface area (Å²) in [6.45, 7) is 7.94. The lowest BCUT2D eigenvalue weighted by molar-refractivity contribution is -0.130. The standard InChI is InChI=1S/C24H45NO2/c1-4-7-17-20-23(26)21-18-15-13-11-9-8-10-12-14-16-19-22-24(27)25(5-2)6-3/h13,15,18,21,23,26H,4-12,14,16-17,19-20,22H2,1-3H3/b15-13-,21-18+/t23-/m0/s1. The molecule has 0 aliphatic heterocycles. The molecular weight excluding hydrogens is 334 g/mol. The summed E-state index contributed by atoms with van der Waals surface area (Å²) < 4.78 is 0. The molecule has 1 N–H and O–H groups in total. The molecule has 0 radical (unpaired) electrons. The van der Waals surface area contributed by atoms with Crippen LogP contribution in [0.4, 0.5) is 0 Å². The Bertz CT molecular complexity index is 386.